The fourth-order valence-corrected chi connectivity index (χ4v) is 4.83. The summed E-state index contributed by atoms with van der Waals surface area (Å²) >= 11 is 0. The van der Waals surface area contributed by atoms with Gasteiger partial charge < -0.3 is 23.8 Å². The summed E-state index contributed by atoms with van der Waals surface area (Å²) in [7, 11) is 2.99. The molecule has 9 heteroatoms. The Bertz CT molecular complexity index is 1420. The second-order valence-electron chi connectivity index (χ2n) is 9.72. The van der Waals surface area contributed by atoms with Crippen LogP contribution >= 0.6 is 0 Å². The third-order valence-corrected chi connectivity index (χ3v) is 7.00. The Balaban J connectivity index is 1.49. The molecule has 2 aliphatic heterocycles. The topological polar surface area (TPSA) is 94.6 Å². The Kier molecular flexibility index (Phi) is 7.15. The second-order valence-corrected chi connectivity index (χ2v) is 9.72. The number of hydrogen-bond acceptors (Lipinski definition) is 7. The number of carbonyl (C=O) groups is 3. The van der Waals surface area contributed by atoms with Gasteiger partial charge in [0, 0.05) is 12.1 Å². The number of benzene rings is 3. The van der Waals surface area contributed by atoms with Gasteiger partial charge in [-0.05, 0) is 59.5 Å². The zero-order valence-electron chi connectivity index (χ0n) is 22.3. The van der Waals surface area contributed by atoms with E-state index in [9.17, 15) is 14.4 Å². The zero-order chi connectivity index (χ0) is 27.7. The lowest BCUT2D eigenvalue weighted by atomic mass is 10.0. The second kappa shape index (κ2) is 10.7. The number of methoxy groups -OCH3 is 2. The minimum atomic E-state index is -0.992. The fourth-order valence-electron chi connectivity index (χ4n) is 4.83. The molecule has 3 amide bonds. The lowest BCUT2D eigenvalue weighted by Crippen LogP contribution is -2.45. The minimum Gasteiger partial charge on any atom is -0.493 e. The predicted octanol–water partition coefficient (Wildman–Crippen LogP) is 4.53. The normalized spacial score (nSPS) is 16.1. The highest BCUT2D eigenvalue weighted by atomic mass is 16.7. The standard InChI is InChI=1S/C30H30N2O7/c1-18(2)20-6-9-22(10-7-20)32-28(33)15-23(30(32)35)31(16-19-5-11-25-27(13-19)39-17-38-25)29(34)21-8-12-24(36-3)26(14-21)37-4/h5-14,18,23H,15-17H2,1-4H3. The Morgan fingerprint density at radius 2 is 1.67 bits per heavy atom. The van der Waals surface area contributed by atoms with Crippen LogP contribution in [0.3, 0.4) is 0 Å². The van der Waals surface area contributed by atoms with Crippen LogP contribution in [-0.4, -0.2) is 49.7 Å². The molecule has 202 valence electrons. The van der Waals surface area contributed by atoms with E-state index in [-0.39, 0.29) is 25.7 Å². The molecule has 0 bridgehead atoms. The molecule has 3 aromatic rings. The summed E-state index contributed by atoms with van der Waals surface area (Å²) in [6, 6.07) is 16.5. The van der Waals surface area contributed by atoms with E-state index in [1.165, 1.54) is 24.0 Å². The molecule has 0 spiro atoms. The average molecular weight is 531 g/mol. The monoisotopic (exact) mass is 530 g/mol. The lowest BCUT2D eigenvalue weighted by molar-refractivity contribution is -0.122. The summed E-state index contributed by atoms with van der Waals surface area (Å²) in [5, 5.41) is 0. The molecule has 1 unspecified atom stereocenters. The van der Waals surface area contributed by atoms with E-state index in [0.717, 1.165) is 11.1 Å². The Morgan fingerprint density at radius 1 is 0.949 bits per heavy atom. The summed E-state index contributed by atoms with van der Waals surface area (Å²) in [5.41, 5.74) is 2.61. The summed E-state index contributed by atoms with van der Waals surface area (Å²) in [6.45, 7) is 4.34. The smallest absolute Gasteiger partial charge is 0.257 e. The highest BCUT2D eigenvalue weighted by molar-refractivity contribution is 6.23. The van der Waals surface area contributed by atoms with Crippen LogP contribution in [0.1, 0.15) is 47.7 Å². The molecule has 2 heterocycles. The number of imide groups is 1. The summed E-state index contributed by atoms with van der Waals surface area (Å²) < 4.78 is 21.6. The van der Waals surface area contributed by atoms with Gasteiger partial charge >= 0.3 is 0 Å². The molecule has 2 aliphatic rings. The molecule has 39 heavy (non-hydrogen) atoms. The van der Waals surface area contributed by atoms with E-state index in [4.69, 9.17) is 18.9 Å². The molecule has 0 radical (unpaired) electrons. The van der Waals surface area contributed by atoms with Crippen molar-refractivity contribution in [1.82, 2.24) is 4.90 Å². The molecule has 0 aliphatic carbocycles. The summed E-state index contributed by atoms with van der Waals surface area (Å²) in [6.07, 6.45) is -0.131. The van der Waals surface area contributed by atoms with E-state index < -0.39 is 17.9 Å². The maximum absolute atomic E-state index is 13.9. The molecule has 0 saturated carbocycles. The first-order chi connectivity index (χ1) is 18.8. The van der Waals surface area contributed by atoms with Gasteiger partial charge in [0.15, 0.2) is 23.0 Å². The molecule has 5 rings (SSSR count). The maximum Gasteiger partial charge on any atom is 0.257 e. The molecule has 0 aromatic heterocycles. The van der Waals surface area contributed by atoms with Crippen LogP contribution in [-0.2, 0) is 16.1 Å². The number of carbonyl (C=O) groups excluding carboxylic acids is 3. The van der Waals surface area contributed by atoms with E-state index in [2.05, 4.69) is 13.8 Å². The first-order valence-corrected chi connectivity index (χ1v) is 12.7. The van der Waals surface area contributed by atoms with E-state index >= 15 is 0 Å². The van der Waals surface area contributed by atoms with Crippen molar-refractivity contribution in [2.45, 2.75) is 38.8 Å². The zero-order valence-corrected chi connectivity index (χ0v) is 22.3. The SMILES string of the molecule is COc1ccc(C(=O)N(Cc2ccc3c(c2)OCO3)C2CC(=O)N(c3ccc(C(C)C)cc3)C2=O)cc1OC. The van der Waals surface area contributed by atoms with Gasteiger partial charge in [-0.3, -0.25) is 14.4 Å². The van der Waals surface area contributed by atoms with Crippen LogP contribution in [0, 0.1) is 0 Å². The van der Waals surface area contributed by atoms with Crippen LogP contribution in [0.5, 0.6) is 23.0 Å². The van der Waals surface area contributed by atoms with Crippen molar-refractivity contribution in [3.8, 4) is 23.0 Å². The quantitative estimate of drug-likeness (QED) is 0.395. The molecule has 0 N–H and O–H groups in total. The van der Waals surface area contributed by atoms with E-state index in [1.807, 2.05) is 18.2 Å². The van der Waals surface area contributed by atoms with Crippen molar-refractivity contribution in [3.05, 3.63) is 77.4 Å². The Hall–Kier alpha value is -4.53. The molecular weight excluding hydrogens is 500 g/mol. The van der Waals surface area contributed by atoms with Gasteiger partial charge in [-0.1, -0.05) is 32.0 Å². The first kappa shape index (κ1) is 26.1. The van der Waals surface area contributed by atoms with Crippen LogP contribution in [0.25, 0.3) is 0 Å². The minimum absolute atomic E-state index is 0.0770. The molecule has 1 fully saturated rings. The largest absolute Gasteiger partial charge is 0.493 e. The van der Waals surface area contributed by atoms with Gasteiger partial charge in [0.1, 0.15) is 6.04 Å². The molecule has 1 atom stereocenters. The number of amides is 3. The van der Waals surface area contributed by atoms with Gasteiger partial charge in [0.25, 0.3) is 11.8 Å². The number of anilines is 1. The van der Waals surface area contributed by atoms with E-state index in [0.29, 0.717) is 40.2 Å². The lowest BCUT2D eigenvalue weighted by Gasteiger charge is -2.28. The highest BCUT2D eigenvalue weighted by Crippen LogP contribution is 2.35. The third kappa shape index (κ3) is 4.99. The van der Waals surface area contributed by atoms with Gasteiger partial charge in [-0.15, -0.1) is 0 Å². The van der Waals surface area contributed by atoms with Crippen molar-refractivity contribution >= 4 is 23.4 Å². The Labute approximate surface area is 226 Å². The van der Waals surface area contributed by atoms with Gasteiger partial charge in [0.05, 0.1) is 26.3 Å². The van der Waals surface area contributed by atoms with Crippen LogP contribution < -0.4 is 23.8 Å². The summed E-state index contributed by atoms with van der Waals surface area (Å²) in [4.78, 5) is 43.4. The van der Waals surface area contributed by atoms with Crippen LogP contribution in [0.4, 0.5) is 5.69 Å². The number of rotatable bonds is 8. The van der Waals surface area contributed by atoms with Crippen molar-refractivity contribution in [1.29, 1.82) is 0 Å². The van der Waals surface area contributed by atoms with Crippen molar-refractivity contribution in [2.75, 3.05) is 25.9 Å². The molecule has 9 nitrogen and oxygen atoms in total. The van der Waals surface area contributed by atoms with Gasteiger partial charge in [-0.25, -0.2) is 4.90 Å². The fraction of sp³-hybridized carbons (Fsp3) is 0.300. The van der Waals surface area contributed by atoms with E-state index in [1.54, 1.807) is 42.5 Å². The summed E-state index contributed by atoms with van der Waals surface area (Å²) in [5.74, 6) is 1.10. The van der Waals surface area contributed by atoms with Crippen molar-refractivity contribution in [2.24, 2.45) is 0 Å². The van der Waals surface area contributed by atoms with Crippen molar-refractivity contribution < 1.29 is 33.3 Å². The number of hydrogen-bond donors (Lipinski definition) is 0. The number of ether oxygens (including phenoxy) is 4. The highest BCUT2D eigenvalue weighted by Gasteiger charge is 2.44. The van der Waals surface area contributed by atoms with Gasteiger partial charge in [0.2, 0.25) is 12.7 Å². The van der Waals surface area contributed by atoms with Crippen molar-refractivity contribution in [3.63, 3.8) is 0 Å². The predicted molar refractivity (Wildman–Crippen MR) is 143 cm³/mol. The maximum atomic E-state index is 13.9. The molecule has 3 aromatic carbocycles. The average Bonchev–Trinajstić information content (AvgIpc) is 3.53. The number of nitrogens with zero attached hydrogens (tertiary/aromatic N) is 2. The third-order valence-electron chi connectivity index (χ3n) is 7.00. The number of fused-ring (bicyclic) bond motifs is 1. The Morgan fingerprint density at radius 3 is 2.36 bits per heavy atom. The van der Waals surface area contributed by atoms with Crippen LogP contribution in [0.2, 0.25) is 0 Å². The molecule has 1 saturated heterocycles. The first-order valence-electron chi connectivity index (χ1n) is 12.7. The van der Waals surface area contributed by atoms with Crippen LogP contribution in [0.15, 0.2) is 60.7 Å². The molecular formula is C30H30N2O7. The van der Waals surface area contributed by atoms with Gasteiger partial charge in [-0.2, -0.15) is 0 Å².